The summed E-state index contributed by atoms with van der Waals surface area (Å²) in [7, 11) is 0. The van der Waals surface area contributed by atoms with Gasteiger partial charge in [-0.1, -0.05) is 79.7 Å². The van der Waals surface area contributed by atoms with E-state index in [1.54, 1.807) is 0 Å². The Bertz CT molecular complexity index is 349. The SMILES string of the molecule is CC(C)C1=C/C(C(C)C)=C\C(C(C)C)=C/C(C(C)C)=C\1. The molecule has 0 nitrogen and oxygen atoms in total. The van der Waals surface area contributed by atoms with E-state index in [1.165, 1.54) is 22.3 Å². The highest BCUT2D eigenvalue weighted by atomic mass is 14.2. The van der Waals surface area contributed by atoms with Crippen molar-refractivity contribution in [1.82, 2.24) is 0 Å². The maximum atomic E-state index is 2.41. The fraction of sp³-hybridized carbons (Fsp3) is 0.600. The zero-order chi connectivity index (χ0) is 15.4. The lowest BCUT2D eigenvalue weighted by molar-refractivity contribution is 0.731. The van der Waals surface area contributed by atoms with Gasteiger partial charge in [-0.2, -0.15) is 0 Å². The van der Waals surface area contributed by atoms with Crippen LogP contribution in [0.3, 0.4) is 0 Å². The Morgan fingerprint density at radius 1 is 0.400 bits per heavy atom. The van der Waals surface area contributed by atoms with Crippen molar-refractivity contribution < 1.29 is 0 Å². The molecule has 0 aliphatic heterocycles. The fourth-order valence-corrected chi connectivity index (χ4v) is 2.27. The van der Waals surface area contributed by atoms with E-state index in [2.05, 4.69) is 79.7 Å². The van der Waals surface area contributed by atoms with Gasteiger partial charge in [0.15, 0.2) is 0 Å². The molecule has 0 heterocycles. The first-order valence-electron chi connectivity index (χ1n) is 8.08. The third kappa shape index (κ3) is 4.51. The van der Waals surface area contributed by atoms with Gasteiger partial charge in [0.05, 0.1) is 0 Å². The molecule has 0 aromatic rings. The van der Waals surface area contributed by atoms with Crippen LogP contribution in [0, 0.1) is 23.7 Å². The van der Waals surface area contributed by atoms with Gasteiger partial charge in [0, 0.05) is 0 Å². The highest BCUT2D eigenvalue weighted by Crippen LogP contribution is 2.29. The van der Waals surface area contributed by atoms with E-state index in [-0.39, 0.29) is 0 Å². The second kappa shape index (κ2) is 7.11. The fourth-order valence-electron chi connectivity index (χ4n) is 2.27. The minimum absolute atomic E-state index is 0.569. The van der Waals surface area contributed by atoms with Crippen molar-refractivity contribution in [2.75, 3.05) is 0 Å². The molecule has 1 rings (SSSR count). The third-order valence-corrected chi connectivity index (χ3v) is 4.00. The van der Waals surface area contributed by atoms with Crippen molar-refractivity contribution >= 4 is 0 Å². The molecule has 0 spiro atoms. The van der Waals surface area contributed by atoms with Crippen molar-refractivity contribution in [2.45, 2.75) is 55.4 Å². The standard InChI is InChI=1S/C20H32/c1-13(2)17-9-18(14(3)4)11-20(16(7)8)12-19(10-17)15(5)6/h9-16H,1-8H3/b17-9+,17-10?,18-9?,18-11+,19-10+,19-12?,20-11?,20-12+. The summed E-state index contributed by atoms with van der Waals surface area (Å²) in [5, 5.41) is 0. The molecule has 0 bridgehead atoms. The molecule has 0 unspecified atom stereocenters. The lowest BCUT2D eigenvalue weighted by Crippen LogP contribution is -2.05. The van der Waals surface area contributed by atoms with Crippen LogP contribution >= 0.6 is 0 Å². The Morgan fingerprint density at radius 2 is 0.550 bits per heavy atom. The smallest absolute Gasteiger partial charge is 0.0219 e. The van der Waals surface area contributed by atoms with Gasteiger partial charge in [0.1, 0.15) is 0 Å². The Labute approximate surface area is 126 Å². The predicted octanol–water partition coefficient (Wildman–Crippen LogP) is 6.33. The first-order valence-corrected chi connectivity index (χ1v) is 8.08. The molecule has 0 N–H and O–H groups in total. The highest BCUT2D eigenvalue weighted by Gasteiger charge is 2.13. The van der Waals surface area contributed by atoms with Crippen LogP contribution in [-0.2, 0) is 0 Å². The Morgan fingerprint density at radius 3 is 0.650 bits per heavy atom. The van der Waals surface area contributed by atoms with Crippen LogP contribution in [0.25, 0.3) is 0 Å². The summed E-state index contributed by atoms with van der Waals surface area (Å²) in [4.78, 5) is 0. The molecule has 0 saturated carbocycles. The summed E-state index contributed by atoms with van der Waals surface area (Å²) in [6.45, 7) is 18.3. The minimum Gasteiger partial charge on any atom is -0.0587 e. The molecule has 112 valence electrons. The van der Waals surface area contributed by atoms with Crippen LogP contribution < -0.4 is 0 Å². The number of hydrogen-bond donors (Lipinski definition) is 0. The van der Waals surface area contributed by atoms with E-state index in [1.807, 2.05) is 0 Å². The largest absolute Gasteiger partial charge is 0.0587 e. The topological polar surface area (TPSA) is 0 Å². The van der Waals surface area contributed by atoms with E-state index >= 15 is 0 Å². The predicted molar refractivity (Wildman–Crippen MR) is 91.7 cm³/mol. The van der Waals surface area contributed by atoms with E-state index < -0.39 is 0 Å². The first-order chi connectivity index (χ1) is 9.22. The van der Waals surface area contributed by atoms with Gasteiger partial charge in [-0.05, 0) is 46.0 Å². The summed E-state index contributed by atoms with van der Waals surface area (Å²) in [6.07, 6.45) is 9.64. The van der Waals surface area contributed by atoms with Gasteiger partial charge in [0.25, 0.3) is 0 Å². The molecule has 0 radical (unpaired) electrons. The second-order valence-electron chi connectivity index (χ2n) is 7.20. The van der Waals surface area contributed by atoms with Crippen molar-refractivity contribution in [2.24, 2.45) is 23.7 Å². The van der Waals surface area contributed by atoms with Crippen molar-refractivity contribution in [3.63, 3.8) is 0 Å². The van der Waals surface area contributed by atoms with Crippen LogP contribution in [-0.4, -0.2) is 0 Å². The van der Waals surface area contributed by atoms with Crippen molar-refractivity contribution in [3.05, 3.63) is 46.6 Å². The lowest BCUT2D eigenvalue weighted by atomic mass is 9.85. The molecule has 1 aliphatic carbocycles. The molecular formula is C20H32. The molecule has 0 atom stereocenters. The Kier molecular flexibility index (Phi) is 6.05. The lowest BCUT2D eigenvalue weighted by Gasteiger charge is -2.20. The number of allylic oxidation sites excluding steroid dienone is 8. The number of hydrogen-bond acceptors (Lipinski definition) is 0. The van der Waals surface area contributed by atoms with Gasteiger partial charge >= 0.3 is 0 Å². The summed E-state index contributed by atoms with van der Waals surface area (Å²) >= 11 is 0. The van der Waals surface area contributed by atoms with Crippen LogP contribution in [0.15, 0.2) is 46.6 Å². The molecule has 1 aliphatic rings. The average molecular weight is 272 g/mol. The Balaban J connectivity index is 3.41. The van der Waals surface area contributed by atoms with Crippen LogP contribution in [0.4, 0.5) is 0 Å². The first kappa shape index (κ1) is 17.0. The van der Waals surface area contributed by atoms with Gasteiger partial charge in [0.2, 0.25) is 0 Å². The molecule has 0 aromatic heterocycles. The van der Waals surface area contributed by atoms with E-state index in [0.29, 0.717) is 23.7 Å². The van der Waals surface area contributed by atoms with Gasteiger partial charge < -0.3 is 0 Å². The molecule has 0 fully saturated rings. The van der Waals surface area contributed by atoms with Gasteiger partial charge in [-0.15, -0.1) is 0 Å². The summed E-state index contributed by atoms with van der Waals surface area (Å²) in [6, 6.07) is 0. The molecule has 0 amide bonds. The molecule has 0 saturated heterocycles. The van der Waals surface area contributed by atoms with Crippen LogP contribution in [0.2, 0.25) is 0 Å². The summed E-state index contributed by atoms with van der Waals surface area (Å²) < 4.78 is 0. The Hall–Kier alpha value is -1.04. The highest BCUT2D eigenvalue weighted by molar-refractivity contribution is 5.46. The second-order valence-corrected chi connectivity index (χ2v) is 7.20. The molecular weight excluding hydrogens is 240 g/mol. The number of rotatable bonds is 4. The summed E-state index contributed by atoms with van der Waals surface area (Å²) in [5.74, 6) is 2.28. The average Bonchev–Trinajstić information content (AvgIpc) is 2.26. The zero-order valence-electron chi connectivity index (χ0n) is 14.6. The molecule has 0 aromatic carbocycles. The molecule has 20 heavy (non-hydrogen) atoms. The maximum absolute atomic E-state index is 2.41. The van der Waals surface area contributed by atoms with E-state index in [4.69, 9.17) is 0 Å². The van der Waals surface area contributed by atoms with Crippen LogP contribution in [0.1, 0.15) is 55.4 Å². The van der Waals surface area contributed by atoms with Crippen molar-refractivity contribution in [3.8, 4) is 0 Å². The monoisotopic (exact) mass is 272 g/mol. The third-order valence-electron chi connectivity index (χ3n) is 4.00. The quantitative estimate of drug-likeness (QED) is 0.561. The maximum Gasteiger partial charge on any atom is -0.0219 e. The molecule has 0 heteroatoms. The van der Waals surface area contributed by atoms with E-state index in [9.17, 15) is 0 Å². The van der Waals surface area contributed by atoms with Crippen molar-refractivity contribution in [1.29, 1.82) is 0 Å². The normalized spacial score (nSPS) is 27.4. The van der Waals surface area contributed by atoms with Gasteiger partial charge in [-0.3, -0.25) is 0 Å². The van der Waals surface area contributed by atoms with Gasteiger partial charge in [-0.25, -0.2) is 0 Å². The van der Waals surface area contributed by atoms with Crippen LogP contribution in [0.5, 0.6) is 0 Å². The zero-order valence-corrected chi connectivity index (χ0v) is 14.6. The summed E-state index contributed by atoms with van der Waals surface area (Å²) in [5.41, 5.74) is 5.81. The van der Waals surface area contributed by atoms with E-state index in [0.717, 1.165) is 0 Å². The minimum atomic E-state index is 0.569.